The summed E-state index contributed by atoms with van der Waals surface area (Å²) >= 11 is 7.36. The molecule has 1 aromatic heterocycles. The van der Waals surface area contributed by atoms with Gasteiger partial charge in [-0.25, -0.2) is 0 Å². The maximum absolute atomic E-state index is 12.7. The summed E-state index contributed by atoms with van der Waals surface area (Å²) in [6.07, 6.45) is 1.57. The van der Waals surface area contributed by atoms with E-state index in [1.807, 2.05) is 32.1 Å². The summed E-state index contributed by atoms with van der Waals surface area (Å²) in [5.74, 6) is -0.326. The van der Waals surface area contributed by atoms with Crippen LogP contribution in [0.15, 0.2) is 53.9 Å². The quantitative estimate of drug-likeness (QED) is 0.542. The zero-order valence-corrected chi connectivity index (χ0v) is 18.3. The molecule has 156 valence electrons. The number of hydrogen-bond donors (Lipinski definition) is 2. The number of aromatic nitrogens is 3. The molecular formula is C20H21ClN6O2S. The molecule has 1 heterocycles. The van der Waals surface area contributed by atoms with E-state index in [4.69, 9.17) is 11.6 Å². The highest BCUT2D eigenvalue weighted by Crippen LogP contribution is 2.28. The van der Waals surface area contributed by atoms with Crippen molar-refractivity contribution in [3.8, 4) is 0 Å². The van der Waals surface area contributed by atoms with Crippen molar-refractivity contribution in [1.29, 1.82) is 0 Å². The highest BCUT2D eigenvalue weighted by Gasteiger charge is 2.13. The average molecular weight is 445 g/mol. The molecule has 0 radical (unpaired) electrons. The predicted molar refractivity (Wildman–Crippen MR) is 121 cm³/mol. The van der Waals surface area contributed by atoms with Crippen LogP contribution in [0.3, 0.4) is 0 Å². The van der Waals surface area contributed by atoms with Crippen molar-refractivity contribution >= 4 is 52.2 Å². The Hall–Kier alpha value is -3.04. The van der Waals surface area contributed by atoms with Gasteiger partial charge in [0.25, 0.3) is 5.91 Å². The van der Waals surface area contributed by atoms with Crippen LogP contribution in [-0.4, -0.2) is 46.4 Å². The first-order chi connectivity index (χ1) is 14.3. The van der Waals surface area contributed by atoms with E-state index >= 15 is 0 Å². The molecule has 0 aliphatic heterocycles. The average Bonchev–Trinajstić information content (AvgIpc) is 3.11. The van der Waals surface area contributed by atoms with Gasteiger partial charge in [-0.3, -0.25) is 9.59 Å². The number of benzene rings is 2. The van der Waals surface area contributed by atoms with Crippen LogP contribution in [0.1, 0.15) is 10.4 Å². The SMILES string of the molecule is CN(C)c1ccc(Cl)cc1NC(=O)c1cccc(NC(=O)CSc2nncn2C)c1. The first-order valence-electron chi connectivity index (χ1n) is 8.98. The molecule has 2 aromatic carbocycles. The number of nitrogens with zero attached hydrogens (tertiary/aromatic N) is 4. The molecule has 0 atom stereocenters. The first kappa shape index (κ1) is 21.7. The van der Waals surface area contributed by atoms with Gasteiger partial charge in [0.2, 0.25) is 5.91 Å². The largest absolute Gasteiger partial charge is 0.376 e. The number of halogens is 1. The Morgan fingerprint density at radius 2 is 1.97 bits per heavy atom. The van der Waals surface area contributed by atoms with Crippen LogP contribution in [0.25, 0.3) is 0 Å². The van der Waals surface area contributed by atoms with Gasteiger partial charge in [0.15, 0.2) is 5.16 Å². The standard InChI is InChI=1S/C20H21ClN6O2S/c1-26(2)17-8-7-14(21)10-16(17)24-19(29)13-5-4-6-15(9-13)23-18(28)11-30-20-25-22-12-27(20)3/h4-10,12H,11H2,1-3H3,(H,23,28)(H,24,29). The van der Waals surface area contributed by atoms with Crippen LogP contribution >= 0.6 is 23.4 Å². The second-order valence-electron chi connectivity index (χ2n) is 6.65. The molecule has 10 heteroatoms. The molecule has 0 bridgehead atoms. The first-order valence-corrected chi connectivity index (χ1v) is 10.3. The fraction of sp³-hybridized carbons (Fsp3) is 0.200. The fourth-order valence-electron chi connectivity index (χ4n) is 2.66. The molecule has 30 heavy (non-hydrogen) atoms. The van der Waals surface area contributed by atoms with Gasteiger partial charge in [-0.2, -0.15) is 0 Å². The molecule has 0 fully saturated rings. The number of aryl methyl sites for hydroxylation is 1. The van der Waals surface area contributed by atoms with E-state index in [1.165, 1.54) is 11.8 Å². The highest BCUT2D eigenvalue weighted by atomic mass is 35.5. The smallest absolute Gasteiger partial charge is 0.255 e. The Bertz CT molecular complexity index is 1070. The third-order valence-corrected chi connectivity index (χ3v) is 5.37. The number of rotatable bonds is 7. The van der Waals surface area contributed by atoms with Gasteiger partial charge in [-0.1, -0.05) is 29.4 Å². The maximum Gasteiger partial charge on any atom is 0.255 e. The summed E-state index contributed by atoms with van der Waals surface area (Å²) < 4.78 is 1.74. The Balaban J connectivity index is 1.66. The number of hydrogen-bond acceptors (Lipinski definition) is 6. The van der Waals surface area contributed by atoms with Crippen LogP contribution in [-0.2, 0) is 11.8 Å². The molecule has 0 aliphatic carbocycles. The number of nitrogens with one attached hydrogen (secondary N) is 2. The van der Waals surface area contributed by atoms with Crippen molar-refractivity contribution < 1.29 is 9.59 Å². The van der Waals surface area contributed by atoms with Crippen molar-refractivity contribution in [1.82, 2.24) is 14.8 Å². The van der Waals surface area contributed by atoms with Crippen molar-refractivity contribution in [2.24, 2.45) is 7.05 Å². The number of carbonyl (C=O) groups excluding carboxylic acids is 2. The maximum atomic E-state index is 12.7. The molecule has 2 N–H and O–H groups in total. The molecule has 0 saturated carbocycles. The van der Waals surface area contributed by atoms with Gasteiger partial charge in [0, 0.05) is 37.4 Å². The molecular weight excluding hydrogens is 424 g/mol. The number of amides is 2. The van der Waals surface area contributed by atoms with Gasteiger partial charge in [0.05, 0.1) is 17.1 Å². The Kier molecular flexibility index (Phi) is 6.96. The van der Waals surface area contributed by atoms with E-state index in [9.17, 15) is 9.59 Å². The lowest BCUT2D eigenvalue weighted by molar-refractivity contribution is -0.113. The highest BCUT2D eigenvalue weighted by molar-refractivity contribution is 7.99. The number of anilines is 3. The molecule has 0 saturated heterocycles. The minimum absolute atomic E-state index is 0.178. The second kappa shape index (κ2) is 9.64. The van der Waals surface area contributed by atoms with Crippen LogP contribution in [0.2, 0.25) is 5.02 Å². The molecule has 0 unspecified atom stereocenters. The molecule has 2 amide bonds. The van der Waals surface area contributed by atoms with Crippen molar-refractivity contribution in [3.05, 3.63) is 59.4 Å². The monoisotopic (exact) mass is 444 g/mol. The Labute approximate surface area is 183 Å². The van der Waals surface area contributed by atoms with E-state index in [0.29, 0.717) is 27.1 Å². The fourth-order valence-corrected chi connectivity index (χ4v) is 3.52. The lowest BCUT2D eigenvalue weighted by Gasteiger charge is -2.18. The van der Waals surface area contributed by atoms with Gasteiger partial charge in [0.1, 0.15) is 6.33 Å². The summed E-state index contributed by atoms with van der Waals surface area (Å²) in [7, 11) is 5.58. The van der Waals surface area contributed by atoms with E-state index in [-0.39, 0.29) is 17.6 Å². The lowest BCUT2D eigenvalue weighted by atomic mass is 10.1. The van der Waals surface area contributed by atoms with E-state index < -0.39 is 0 Å². The van der Waals surface area contributed by atoms with Crippen LogP contribution in [0.5, 0.6) is 0 Å². The van der Waals surface area contributed by atoms with Gasteiger partial charge < -0.3 is 20.1 Å². The topological polar surface area (TPSA) is 92.2 Å². The number of thioether (sulfide) groups is 1. The van der Waals surface area contributed by atoms with Crippen molar-refractivity contribution in [2.75, 3.05) is 35.4 Å². The Morgan fingerprint density at radius 1 is 1.17 bits per heavy atom. The predicted octanol–water partition coefficient (Wildman–Crippen LogP) is 3.52. The molecule has 0 aliphatic rings. The van der Waals surface area contributed by atoms with Gasteiger partial charge in [-0.05, 0) is 36.4 Å². The van der Waals surface area contributed by atoms with E-state index in [0.717, 1.165) is 5.69 Å². The van der Waals surface area contributed by atoms with Gasteiger partial charge in [-0.15, -0.1) is 10.2 Å². The summed E-state index contributed by atoms with van der Waals surface area (Å²) in [6, 6.07) is 12.0. The normalized spacial score (nSPS) is 10.5. The van der Waals surface area contributed by atoms with Crippen LogP contribution < -0.4 is 15.5 Å². The second-order valence-corrected chi connectivity index (χ2v) is 8.03. The van der Waals surface area contributed by atoms with E-state index in [2.05, 4.69) is 20.8 Å². The third kappa shape index (κ3) is 5.52. The van der Waals surface area contributed by atoms with Gasteiger partial charge >= 0.3 is 0 Å². The Morgan fingerprint density at radius 3 is 2.67 bits per heavy atom. The third-order valence-electron chi connectivity index (χ3n) is 4.10. The summed E-state index contributed by atoms with van der Waals surface area (Å²) in [6.45, 7) is 0. The zero-order valence-electron chi connectivity index (χ0n) is 16.7. The summed E-state index contributed by atoms with van der Waals surface area (Å²) in [4.78, 5) is 26.9. The van der Waals surface area contributed by atoms with Crippen molar-refractivity contribution in [3.63, 3.8) is 0 Å². The number of carbonyl (C=O) groups is 2. The minimum Gasteiger partial charge on any atom is -0.376 e. The van der Waals surface area contributed by atoms with Crippen LogP contribution in [0.4, 0.5) is 17.1 Å². The van der Waals surface area contributed by atoms with Crippen LogP contribution in [0, 0.1) is 0 Å². The van der Waals surface area contributed by atoms with E-state index in [1.54, 1.807) is 47.3 Å². The zero-order chi connectivity index (χ0) is 21.7. The lowest BCUT2D eigenvalue weighted by Crippen LogP contribution is -2.18. The molecule has 8 nitrogen and oxygen atoms in total. The minimum atomic E-state index is -0.301. The molecule has 3 aromatic rings. The summed E-state index contributed by atoms with van der Waals surface area (Å²) in [5.41, 5.74) is 2.38. The molecule has 0 spiro atoms. The summed E-state index contributed by atoms with van der Waals surface area (Å²) in [5, 5.41) is 14.6. The van der Waals surface area contributed by atoms with Crippen molar-refractivity contribution in [2.45, 2.75) is 5.16 Å². The molecule has 3 rings (SSSR count).